The molecule has 1 aliphatic heterocycles. The maximum atomic E-state index is 12.7. The van der Waals surface area contributed by atoms with Gasteiger partial charge in [0.1, 0.15) is 0 Å². The van der Waals surface area contributed by atoms with Crippen LogP contribution in [0.3, 0.4) is 0 Å². The lowest BCUT2D eigenvalue weighted by atomic mass is 9.81. The smallest absolute Gasteiger partial charge is 0.227 e. The van der Waals surface area contributed by atoms with E-state index in [1.807, 2.05) is 24.0 Å². The second-order valence-electron chi connectivity index (χ2n) is 6.17. The zero-order valence-electron chi connectivity index (χ0n) is 13.5. The number of carbonyl (C=O) groups is 1. The number of amides is 1. The summed E-state index contributed by atoms with van der Waals surface area (Å²) in [4.78, 5) is 14.6. The van der Waals surface area contributed by atoms with Crippen LogP contribution in [0.1, 0.15) is 30.4 Å². The first-order valence-electron chi connectivity index (χ1n) is 8.26. The lowest BCUT2D eigenvalue weighted by molar-refractivity contribution is -0.119. The van der Waals surface area contributed by atoms with Crippen LogP contribution in [0, 0.1) is 0 Å². The van der Waals surface area contributed by atoms with Crippen molar-refractivity contribution < 1.29 is 4.79 Å². The lowest BCUT2D eigenvalue weighted by Gasteiger charge is -2.34. The molecular weight excluding hydrogens is 362 g/mol. The molecule has 0 aliphatic carbocycles. The fraction of sp³-hybridized carbons (Fsp3) is 0.190. The molecule has 1 aliphatic rings. The van der Waals surface area contributed by atoms with Crippen LogP contribution in [0.2, 0.25) is 0 Å². The predicted molar refractivity (Wildman–Crippen MR) is 103 cm³/mol. The lowest BCUT2D eigenvalue weighted by Crippen LogP contribution is -2.36. The number of fused-ring (bicyclic) bond motifs is 3. The Morgan fingerprint density at radius 1 is 1.08 bits per heavy atom. The van der Waals surface area contributed by atoms with Gasteiger partial charge in [0.15, 0.2) is 0 Å². The van der Waals surface area contributed by atoms with Crippen molar-refractivity contribution in [1.29, 1.82) is 0 Å². The van der Waals surface area contributed by atoms with E-state index in [0.717, 1.165) is 10.2 Å². The van der Waals surface area contributed by atoms with Crippen molar-refractivity contribution in [3.63, 3.8) is 0 Å². The molecule has 0 N–H and O–H groups in total. The molecule has 3 heteroatoms. The van der Waals surface area contributed by atoms with Gasteiger partial charge in [0.25, 0.3) is 0 Å². The number of anilines is 1. The minimum atomic E-state index is 0.0962. The van der Waals surface area contributed by atoms with Crippen LogP contribution in [0.5, 0.6) is 0 Å². The van der Waals surface area contributed by atoms with Crippen molar-refractivity contribution in [2.75, 3.05) is 11.4 Å². The van der Waals surface area contributed by atoms with Crippen molar-refractivity contribution >= 4 is 38.3 Å². The van der Waals surface area contributed by atoms with E-state index in [2.05, 4.69) is 64.5 Å². The van der Waals surface area contributed by atoms with E-state index in [-0.39, 0.29) is 11.8 Å². The van der Waals surface area contributed by atoms with Crippen molar-refractivity contribution in [2.24, 2.45) is 0 Å². The van der Waals surface area contributed by atoms with Gasteiger partial charge in [0.2, 0.25) is 5.91 Å². The summed E-state index contributed by atoms with van der Waals surface area (Å²) in [6.07, 6.45) is 0.519. The maximum absolute atomic E-state index is 12.7. The second kappa shape index (κ2) is 6.06. The maximum Gasteiger partial charge on any atom is 0.227 e. The number of hydrogen-bond donors (Lipinski definition) is 0. The van der Waals surface area contributed by atoms with Crippen LogP contribution < -0.4 is 4.90 Å². The molecular formula is C21H18BrNO. The molecule has 3 aromatic carbocycles. The topological polar surface area (TPSA) is 20.3 Å². The van der Waals surface area contributed by atoms with Crippen LogP contribution in [-0.2, 0) is 4.79 Å². The predicted octanol–water partition coefficient (Wildman–Crippen LogP) is 5.49. The quantitative estimate of drug-likeness (QED) is 0.576. The Kier molecular flexibility index (Phi) is 3.89. The summed E-state index contributed by atoms with van der Waals surface area (Å²) in [7, 11) is 0. The first kappa shape index (κ1) is 15.4. The largest absolute Gasteiger partial charge is 0.312 e. The molecule has 1 amide bonds. The molecule has 3 aromatic rings. The Labute approximate surface area is 150 Å². The summed E-state index contributed by atoms with van der Waals surface area (Å²) in [6, 6.07) is 21.0. The number of hydrogen-bond acceptors (Lipinski definition) is 1. The van der Waals surface area contributed by atoms with Crippen molar-refractivity contribution in [3.05, 3.63) is 76.3 Å². The molecule has 2 nitrogen and oxygen atoms in total. The Hall–Kier alpha value is -2.13. The Morgan fingerprint density at radius 2 is 1.92 bits per heavy atom. The molecule has 1 heterocycles. The summed E-state index contributed by atoms with van der Waals surface area (Å²) < 4.78 is 1.05. The van der Waals surface area contributed by atoms with Gasteiger partial charge in [-0.1, -0.05) is 58.4 Å². The van der Waals surface area contributed by atoms with Gasteiger partial charge < -0.3 is 4.90 Å². The fourth-order valence-corrected chi connectivity index (χ4v) is 4.18. The van der Waals surface area contributed by atoms with Gasteiger partial charge in [-0.2, -0.15) is 0 Å². The molecule has 0 saturated carbocycles. The first-order valence-corrected chi connectivity index (χ1v) is 9.06. The molecule has 120 valence electrons. The molecule has 0 radical (unpaired) electrons. The third kappa shape index (κ3) is 2.44. The minimum absolute atomic E-state index is 0.0962. The molecule has 0 fully saturated rings. The highest BCUT2D eigenvalue weighted by atomic mass is 79.9. The second-order valence-corrected chi connectivity index (χ2v) is 7.08. The van der Waals surface area contributed by atoms with Gasteiger partial charge in [-0.05, 0) is 47.0 Å². The minimum Gasteiger partial charge on any atom is -0.312 e. The van der Waals surface area contributed by atoms with Gasteiger partial charge in [0, 0.05) is 29.0 Å². The number of halogens is 1. The van der Waals surface area contributed by atoms with Gasteiger partial charge >= 0.3 is 0 Å². The normalized spacial score (nSPS) is 17.2. The number of rotatable bonds is 2. The van der Waals surface area contributed by atoms with Gasteiger partial charge in [0.05, 0.1) is 0 Å². The van der Waals surface area contributed by atoms with E-state index in [1.165, 1.54) is 21.9 Å². The molecule has 1 atom stereocenters. The molecule has 0 bridgehead atoms. The average molecular weight is 380 g/mol. The van der Waals surface area contributed by atoms with Crippen molar-refractivity contribution in [3.8, 4) is 0 Å². The number of carbonyl (C=O) groups excluding carboxylic acids is 1. The van der Waals surface area contributed by atoms with E-state index >= 15 is 0 Å². The van der Waals surface area contributed by atoms with Gasteiger partial charge in [-0.25, -0.2) is 0 Å². The molecule has 0 aromatic heterocycles. The van der Waals surface area contributed by atoms with Crippen LogP contribution in [0.4, 0.5) is 5.69 Å². The van der Waals surface area contributed by atoms with E-state index < -0.39 is 0 Å². The summed E-state index contributed by atoms with van der Waals surface area (Å²) >= 11 is 3.56. The SMILES string of the molecule is CCN1C(=O)CC(c2cccc(Br)c2)c2c1ccc1ccccc21. The monoisotopic (exact) mass is 379 g/mol. The zero-order chi connectivity index (χ0) is 16.7. The molecule has 0 saturated heterocycles. The highest BCUT2D eigenvalue weighted by molar-refractivity contribution is 9.10. The number of nitrogens with zero attached hydrogens (tertiary/aromatic N) is 1. The van der Waals surface area contributed by atoms with Crippen LogP contribution in [-0.4, -0.2) is 12.5 Å². The standard InChI is InChI=1S/C21H18BrNO/c1-2-23-19-11-10-14-6-3-4-9-17(14)21(19)18(13-20(23)24)15-7-5-8-16(22)12-15/h3-12,18H,2,13H2,1H3. The summed E-state index contributed by atoms with van der Waals surface area (Å²) in [5, 5.41) is 2.47. The molecule has 24 heavy (non-hydrogen) atoms. The molecule has 1 unspecified atom stereocenters. The summed E-state index contributed by atoms with van der Waals surface area (Å²) in [5.74, 6) is 0.296. The average Bonchev–Trinajstić information content (AvgIpc) is 2.60. The molecule has 0 spiro atoms. The van der Waals surface area contributed by atoms with Gasteiger partial charge in [-0.15, -0.1) is 0 Å². The third-order valence-corrected chi connectivity index (χ3v) is 5.33. The van der Waals surface area contributed by atoms with Crippen molar-refractivity contribution in [1.82, 2.24) is 0 Å². The third-order valence-electron chi connectivity index (χ3n) is 4.83. The summed E-state index contributed by atoms with van der Waals surface area (Å²) in [6.45, 7) is 2.74. The van der Waals surface area contributed by atoms with E-state index in [0.29, 0.717) is 13.0 Å². The Morgan fingerprint density at radius 3 is 2.71 bits per heavy atom. The first-order chi connectivity index (χ1) is 11.7. The van der Waals surface area contributed by atoms with E-state index in [9.17, 15) is 4.79 Å². The Balaban J connectivity index is 2.01. The highest BCUT2D eigenvalue weighted by Gasteiger charge is 2.32. The van der Waals surface area contributed by atoms with Gasteiger partial charge in [-0.3, -0.25) is 4.79 Å². The van der Waals surface area contributed by atoms with Crippen LogP contribution >= 0.6 is 15.9 Å². The van der Waals surface area contributed by atoms with Crippen LogP contribution in [0.25, 0.3) is 10.8 Å². The van der Waals surface area contributed by atoms with E-state index in [4.69, 9.17) is 0 Å². The van der Waals surface area contributed by atoms with Crippen LogP contribution in [0.15, 0.2) is 65.1 Å². The van der Waals surface area contributed by atoms with E-state index in [1.54, 1.807) is 0 Å². The zero-order valence-corrected chi connectivity index (χ0v) is 15.1. The number of benzene rings is 3. The van der Waals surface area contributed by atoms with Crippen molar-refractivity contribution in [2.45, 2.75) is 19.3 Å². The Bertz CT molecular complexity index is 934. The molecule has 4 rings (SSSR count). The highest BCUT2D eigenvalue weighted by Crippen LogP contribution is 2.44. The summed E-state index contributed by atoms with van der Waals surface area (Å²) in [5.41, 5.74) is 3.51. The fourth-order valence-electron chi connectivity index (χ4n) is 3.76.